The third kappa shape index (κ3) is 6.13. The van der Waals surface area contributed by atoms with Gasteiger partial charge in [0.2, 0.25) is 0 Å². The normalized spacial score (nSPS) is 41.4. The molecule has 8 aliphatic rings. The van der Waals surface area contributed by atoms with Crippen LogP contribution in [0.25, 0.3) is 11.1 Å². The van der Waals surface area contributed by atoms with Crippen LogP contribution in [0, 0.1) is 51.2 Å². The minimum absolute atomic E-state index is 0.0221. The van der Waals surface area contributed by atoms with Gasteiger partial charge in [0.25, 0.3) is 0 Å². The standard InChI is InChI=1S/C51H67NO6/c1-33(2)38-18-17-34(3)28-42(38)58-46(55)52(31-37-14-11-27-57-37)32-50(56)24-21-44-48(50,5)23-20-43-47(4)22-19-36(53)29-49(47)25-26-51(43,44)41(30-49)45(54)40-16-10-9-15-39(40)35-12-7-6-8-13-35/h6-10,12-13,15-16,25-26,30,33-34,36-38,42-44,53,56H,11,14,17-24,27-29,31-32H2,1-5H3/t34-,36?,37+,38+,42-,43+,44+,47+,48-,49-,50+,51+/m0/s1. The fourth-order valence-corrected chi connectivity index (χ4v) is 14.3. The van der Waals surface area contributed by atoms with E-state index in [1.54, 1.807) is 0 Å². The number of aliphatic hydroxyl groups excluding tert-OH is 1. The van der Waals surface area contributed by atoms with Gasteiger partial charge in [-0.05, 0) is 117 Å². The number of fused-ring (bicyclic) bond motifs is 1. The highest BCUT2D eigenvalue weighted by atomic mass is 16.6. The molecule has 1 amide bonds. The maximum Gasteiger partial charge on any atom is 0.410 e. The molecule has 7 heteroatoms. The fourth-order valence-electron chi connectivity index (χ4n) is 14.3. The monoisotopic (exact) mass is 789 g/mol. The largest absolute Gasteiger partial charge is 0.446 e. The molecule has 5 fully saturated rings. The van der Waals surface area contributed by atoms with Crippen LogP contribution < -0.4 is 0 Å². The number of Topliss-reactive ketones (excluding diaryl/α,β-unsaturated/α-hetero) is 1. The molecule has 312 valence electrons. The highest BCUT2D eigenvalue weighted by molar-refractivity contribution is 6.14. The number of ether oxygens (including phenoxy) is 2. The second-order valence-electron chi connectivity index (χ2n) is 20.8. The Morgan fingerprint density at radius 1 is 0.897 bits per heavy atom. The number of nitrogens with zero attached hydrogens (tertiary/aromatic N) is 1. The molecule has 2 spiro atoms. The highest BCUT2D eigenvalue weighted by Crippen LogP contribution is 2.78. The van der Waals surface area contributed by atoms with Crippen molar-refractivity contribution < 1.29 is 29.3 Å². The van der Waals surface area contributed by atoms with Gasteiger partial charge >= 0.3 is 6.09 Å². The smallest absolute Gasteiger partial charge is 0.410 e. The SMILES string of the molecule is CC(C)[C@H]1CC[C@H](C)C[C@@H]1OC(=O)N(C[C@H]1CCCO1)C[C@]1(O)CC[C@H]2[C@]34C=C[C@@]5(C=C3C(=O)c3ccccc3-c3ccccc3)CC(O)CC[C@]5(C)[C@H]4CC[C@@]21C. The fraction of sp³-hybridized carbons (Fsp3) is 0.647. The zero-order valence-electron chi connectivity index (χ0n) is 35.6. The third-order valence-electron chi connectivity index (χ3n) is 17.6. The molecule has 7 nitrogen and oxygen atoms in total. The lowest BCUT2D eigenvalue weighted by atomic mass is 9.32. The van der Waals surface area contributed by atoms with Crippen molar-refractivity contribution in [3.8, 4) is 11.1 Å². The van der Waals surface area contributed by atoms with Crippen molar-refractivity contribution in [1.29, 1.82) is 0 Å². The van der Waals surface area contributed by atoms with E-state index in [-0.39, 0.29) is 47.9 Å². The van der Waals surface area contributed by atoms with Crippen molar-refractivity contribution in [3.05, 3.63) is 84.0 Å². The van der Waals surface area contributed by atoms with Gasteiger partial charge < -0.3 is 24.6 Å². The van der Waals surface area contributed by atoms with Crippen molar-refractivity contribution in [3.63, 3.8) is 0 Å². The molecule has 2 aromatic carbocycles. The van der Waals surface area contributed by atoms with E-state index in [1.165, 1.54) is 0 Å². The van der Waals surface area contributed by atoms with Gasteiger partial charge in [-0.3, -0.25) is 4.79 Å². The summed E-state index contributed by atoms with van der Waals surface area (Å²) < 4.78 is 12.7. The summed E-state index contributed by atoms with van der Waals surface area (Å²) in [6.07, 6.45) is 16.3. The Balaban J connectivity index is 1.10. The predicted molar refractivity (Wildman–Crippen MR) is 227 cm³/mol. The first kappa shape index (κ1) is 40.2. The summed E-state index contributed by atoms with van der Waals surface area (Å²) in [6, 6.07) is 18.2. The number of carbonyl (C=O) groups excluding carboxylic acids is 2. The summed E-state index contributed by atoms with van der Waals surface area (Å²) in [5, 5.41) is 24.6. The molecule has 0 radical (unpaired) electrons. The topological polar surface area (TPSA) is 96.3 Å². The van der Waals surface area contributed by atoms with Gasteiger partial charge in [-0.15, -0.1) is 0 Å². The molecule has 2 aromatic rings. The molecule has 10 rings (SSSR count). The van der Waals surface area contributed by atoms with E-state index >= 15 is 4.79 Å². The second kappa shape index (κ2) is 14.7. The molecule has 7 aliphatic carbocycles. The lowest BCUT2D eigenvalue weighted by Crippen LogP contribution is -2.67. The Morgan fingerprint density at radius 3 is 2.38 bits per heavy atom. The first-order valence-corrected chi connectivity index (χ1v) is 22.8. The van der Waals surface area contributed by atoms with E-state index in [0.717, 1.165) is 80.9 Å². The first-order valence-electron chi connectivity index (χ1n) is 22.8. The molecule has 2 N–H and O–H groups in total. The molecular formula is C51H67NO6. The number of ketones is 1. The lowest BCUT2D eigenvalue weighted by molar-refractivity contribution is -0.176. The number of benzene rings is 2. The maximum atomic E-state index is 15.6. The third-order valence-corrected chi connectivity index (χ3v) is 17.6. The quantitative estimate of drug-likeness (QED) is 0.194. The number of amides is 1. The van der Waals surface area contributed by atoms with E-state index in [1.807, 2.05) is 41.3 Å². The second-order valence-corrected chi connectivity index (χ2v) is 20.8. The van der Waals surface area contributed by atoms with Crippen LogP contribution in [0.1, 0.15) is 122 Å². The Hall–Kier alpha value is -3.26. The molecule has 1 saturated heterocycles. The molecule has 1 unspecified atom stereocenters. The van der Waals surface area contributed by atoms with E-state index in [0.29, 0.717) is 49.3 Å². The molecule has 1 aliphatic heterocycles. The Kier molecular flexibility index (Phi) is 10.2. The molecule has 12 atom stereocenters. The summed E-state index contributed by atoms with van der Waals surface area (Å²) in [4.78, 5) is 31.9. The average molecular weight is 790 g/mol. The molecule has 0 aromatic heterocycles. The van der Waals surface area contributed by atoms with E-state index in [2.05, 4.69) is 71.0 Å². The first-order chi connectivity index (χ1) is 27.7. The minimum Gasteiger partial charge on any atom is -0.446 e. The van der Waals surface area contributed by atoms with Crippen molar-refractivity contribution in [2.75, 3.05) is 19.7 Å². The summed E-state index contributed by atoms with van der Waals surface area (Å²) in [7, 11) is 0. The van der Waals surface area contributed by atoms with Crippen LogP contribution in [0.5, 0.6) is 0 Å². The van der Waals surface area contributed by atoms with Gasteiger partial charge in [0.05, 0.1) is 30.9 Å². The van der Waals surface area contributed by atoms with E-state index < -0.39 is 27.9 Å². The van der Waals surface area contributed by atoms with Crippen LogP contribution in [-0.4, -0.2) is 70.6 Å². The average Bonchev–Trinajstić information content (AvgIpc) is 3.82. The van der Waals surface area contributed by atoms with Crippen LogP contribution in [0.2, 0.25) is 0 Å². The van der Waals surface area contributed by atoms with Crippen LogP contribution in [0.15, 0.2) is 78.4 Å². The van der Waals surface area contributed by atoms with Crippen molar-refractivity contribution >= 4 is 11.9 Å². The number of hydrogen-bond donors (Lipinski definition) is 2. The van der Waals surface area contributed by atoms with Crippen molar-refractivity contribution in [2.24, 2.45) is 51.2 Å². The minimum atomic E-state index is -1.19. The van der Waals surface area contributed by atoms with Gasteiger partial charge in [-0.2, -0.15) is 0 Å². The predicted octanol–water partition coefficient (Wildman–Crippen LogP) is 10.2. The molecule has 58 heavy (non-hydrogen) atoms. The number of allylic oxidation sites excluding steroid dienone is 4. The summed E-state index contributed by atoms with van der Waals surface area (Å²) in [5.41, 5.74) is 0.563. The summed E-state index contributed by atoms with van der Waals surface area (Å²) in [5.74, 6) is 1.46. The van der Waals surface area contributed by atoms with Gasteiger partial charge in [0.1, 0.15) is 6.10 Å². The van der Waals surface area contributed by atoms with Gasteiger partial charge in [0.15, 0.2) is 5.78 Å². The van der Waals surface area contributed by atoms with Crippen molar-refractivity contribution in [2.45, 2.75) is 136 Å². The van der Waals surface area contributed by atoms with Gasteiger partial charge in [-0.1, -0.05) is 114 Å². The van der Waals surface area contributed by atoms with Crippen molar-refractivity contribution in [1.82, 2.24) is 4.90 Å². The summed E-state index contributed by atoms with van der Waals surface area (Å²) in [6.45, 7) is 12.7. The van der Waals surface area contributed by atoms with E-state index in [9.17, 15) is 15.0 Å². The number of aliphatic hydroxyl groups is 2. The Labute approximate surface area is 346 Å². The number of carbonyl (C=O) groups is 2. The summed E-state index contributed by atoms with van der Waals surface area (Å²) >= 11 is 0. The zero-order valence-corrected chi connectivity index (χ0v) is 35.6. The van der Waals surface area contributed by atoms with E-state index in [4.69, 9.17) is 9.47 Å². The Morgan fingerprint density at radius 2 is 1.62 bits per heavy atom. The zero-order chi connectivity index (χ0) is 40.7. The lowest BCUT2D eigenvalue weighted by Gasteiger charge is -2.71. The highest BCUT2D eigenvalue weighted by Gasteiger charge is 2.74. The van der Waals surface area contributed by atoms with Gasteiger partial charge in [0, 0.05) is 34.0 Å². The van der Waals surface area contributed by atoms with Crippen LogP contribution >= 0.6 is 0 Å². The van der Waals surface area contributed by atoms with Crippen LogP contribution in [0.3, 0.4) is 0 Å². The van der Waals surface area contributed by atoms with Gasteiger partial charge in [-0.25, -0.2) is 4.79 Å². The molecule has 1 heterocycles. The molecule has 2 bridgehead atoms. The molecular weight excluding hydrogens is 723 g/mol. The van der Waals surface area contributed by atoms with Crippen LogP contribution in [-0.2, 0) is 9.47 Å². The molecule has 4 saturated carbocycles. The maximum absolute atomic E-state index is 15.6. The number of hydrogen-bond acceptors (Lipinski definition) is 6. The number of rotatable bonds is 9. The Bertz CT molecular complexity index is 1950. The van der Waals surface area contributed by atoms with Crippen LogP contribution in [0.4, 0.5) is 4.79 Å².